The van der Waals surface area contributed by atoms with E-state index >= 15 is 0 Å². The molecular formula is C20H20N2O4S. The van der Waals surface area contributed by atoms with Crippen molar-refractivity contribution in [3.05, 3.63) is 89.4 Å². The fourth-order valence-corrected chi connectivity index (χ4v) is 3.55. The predicted molar refractivity (Wildman–Crippen MR) is 102 cm³/mol. The van der Waals surface area contributed by atoms with Gasteiger partial charge in [0.25, 0.3) is 5.91 Å². The third-order valence-corrected chi connectivity index (χ3v) is 5.40. The minimum absolute atomic E-state index is 0.0636. The van der Waals surface area contributed by atoms with E-state index in [9.17, 15) is 13.2 Å². The molecular weight excluding hydrogens is 364 g/mol. The Kier molecular flexibility index (Phi) is 5.73. The maximum Gasteiger partial charge on any atom is 0.251 e. The molecule has 0 spiro atoms. The number of aryl methyl sites for hydroxylation is 1. The lowest BCUT2D eigenvalue weighted by molar-refractivity contribution is 0.0951. The first-order valence-electron chi connectivity index (χ1n) is 8.40. The van der Waals surface area contributed by atoms with Crippen LogP contribution < -0.4 is 10.0 Å². The van der Waals surface area contributed by atoms with E-state index in [4.69, 9.17) is 4.42 Å². The van der Waals surface area contributed by atoms with E-state index in [0.29, 0.717) is 17.9 Å². The van der Waals surface area contributed by atoms with Crippen molar-refractivity contribution in [3.8, 4) is 0 Å². The van der Waals surface area contributed by atoms with Gasteiger partial charge in [-0.15, -0.1) is 0 Å². The Hall–Kier alpha value is -2.90. The van der Waals surface area contributed by atoms with Crippen LogP contribution in [0, 0.1) is 6.92 Å². The maximum absolute atomic E-state index is 12.3. The van der Waals surface area contributed by atoms with E-state index in [1.54, 1.807) is 12.1 Å². The summed E-state index contributed by atoms with van der Waals surface area (Å²) in [5.41, 5.74) is 2.52. The fraction of sp³-hybridized carbons (Fsp3) is 0.150. The molecule has 0 unspecified atom stereocenters. The van der Waals surface area contributed by atoms with Gasteiger partial charge in [-0.05, 0) is 48.9 Å². The Morgan fingerprint density at radius 2 is 1.78 bits per heavy atom. The minimum Gasteiger partial charge on any atom is -0.468 e. The highest BCUT2D eigenvalue weighted by Gasteiger charge is 2.15. The summed E-state index contributed by atoms with van der Waals surface area (Å²) in [5.74, 6) is 0.259. The van der Waals surface area contributed by atoms with E-state index in [1.807, 2.05) is 31.2 Å². The SMILES string of the molecule is Cc1cccc(CNC(=O)c2ccc(S(=O)(=O)NCc3ccco3)cc2)c1. The van der Waals surface area contributed by atoms with Crippen molar-refractivity contribution in [1.82, 2.24) is 10.0 Å². The molecule has 3 rings (SSSR count). The largest absolute Gasteiger partial charge is 0.468 e. The number of sulfonamides is 1. The number of carbonyl (C=O) groups excluding carboxylic acids is 1. The Labute approximate surface area is 158 Å². The Morgan fingerprint density at radius 3 is 2.44 bits per heavy atom. The number of carbonyl (C=O) groups is 1. The number of benzene rings is 2. The first-order chi connectivity index (χ1) is 12.9. The van der Waals surface area contributed by atoms with Gasteiger partial charge in [-0.25, -0.2) is 13.1 Å². The van der Waals surface area contributed by atoms with Gasteiger partial charge in [0.05, 0.1) is 17.7 Å². The number of amides is 1. The molecule has 0 fully saturated rings. The van der Waals surface area contributed by atoms with Gasteiger partial charge >= 0.3 is 0 Å². The summed E-state index contributed by atoms with van der Waals surface area (Å²) in [5, 5.41) is 2.83. The molecule has 0 saturated heterocycles. The van der Waals surface area contributed by atoms with E-state index in [1.165, 1.54) is 30.5 Å². The lowest BCUT2D eigenvalue weighted by Gasteiger charge is -2.08. The topological polar surface area (TPSA) is 88.4 Å². The van der Waals surface area contributed by atoms with Crippen molar-refractivity contribution in [1.29, 1.82) is 0 Å². The summed E-state index contributed by atoms with van der Waals surface area (Å²) in [6.45, 7) is 2.46. The van der Waals surface area contributed by atoms with Gasteiger partial charge in [0, 0.05) is 12.1 Å². The maximum atomic E-state index is 12.3. The van der Waals surface area contributed by atoms with Crippen molar-refractivity contribution in [2.24, 2.45) is 0 Å². The van der Waals surface area contributed by atoms with Gasteiger partial charge in [-0.3, -0.25) is 4.79 Å². The number of nitrogens with one attached hydrogen (secondary N) is 2. The quantitative estimate of drug-likeness (QED) is 0.655. The Morgan fingerprint density at radius 1 is 1.00 bits per heavy atom. The molecule has 0 bridgehead atoms. The van der Waals surface area contributed by atoms with Crippen LogP contribution in [0.25, 0.3) is 0 Å². The van der Waals surface area contributed by atoms with E-state index < -0.39 is 10.0 Å². The van der Waals surface area contributed by atoms with E-state index in [0.717, 1.165) is 11.1 Å². The van der Waals surface area contributed by atoms with Crippen LogP contribution in [0.2, 0.25) is 0 Å². The Bertz CT molecular complexity index is 1010. The van der Waals surface area contributed by atoms with Crippen LogP contribution in [-0.2, 0) is 23.1 Å². The van der Waals surface area contributed by atoms with Gasteiger partial charge in [-0.2, -0.15) is 0 Å². The second kappa shape index (κ2) is 8.20. The lowest BCUT2D eigenvalue weighted by Crippen LogP contribution is -2.24. The Balaban J connectivity index is 1.61. The molecule has 0 radical (unpaired) electrons. The smallest absolute Gasteiger partial charge is 0.251 e. The highest BCUT2D eigenvalue weighted by molar-refractivity contribution is 7.89. The van der Waals surface area contributed by atoms with Crippen LogP contribution in [0.4, 0.5) is 0 Å². The summed E-state index contributed by atoms with van der Waals surface area (Å²) >= 11 is 0. The fourth-order valence-electron chi connectivity index (χ4n) is 2.55. The number of hydrogen-bond acceptors (Lipinski definition) is 4. The monoisotopic (exact) mass is 384 g/mol. The molecule has 1 amide bonds. The summed E-state index contributed by atoms with van der Waals surface area (Å²) in [7, 11) is -3.68. The number of hydrogen-bond donors (Lipinski definition) is 2. The van der Waals surface area contributed by atoms with Crippen LogP contribution in [0.1, 0.15) is 27.2 Å². The normalized spacial score (nSPS) is 11.3. The van der Waals surface area contributed by atoms with Crippen LogP contribution in [0.5, 0.6) is 0 Å². The summed E-state index contributed by atoms with van der Waals surface area (Å²) < 4.78 is 32.2. The van der Waals surface area contributed by atoms with Crippen molar-refractivity contribution in [2.45, 2.75) is 24.9 Å². The van der Waals surface area contributed by atoms with Gasteiger partial charge in [-0.1, -0.05) is 29.8 Å². The van der Waals surface area contributed by atoms with Crippen LogP contribution in [0.15, 0.2) is 76.2 Å². The first-order valence-corrected chi connectivity index (χ1v) is 9.88. The van der Waals surface area contributed by atoms with E-state index in [-0.39, 0.29) is 17.3 Å². The zero-order valence-corrected chi connectivity index (χ0v) is 15.6. The zero-order valence-electron chi connectivity index (χ0n) is 14.8. The van der Waals surface area contributed by atoms with Gasteiger partial charge < -0.3 is 9.73 Å². The zero-order chi connectivity index (χ0) is 19.3. The van der Waals surface area contributed by atoms with Crippen molar-refractivity contribution in [2.75, 3.05) is 0 Å². The molecule has 1 aromatic heterocycles. The molecule has 0 aliphatic rings. The standard InChI is InChI=1S/C20H20N2O4S/c1-15-4-2-5-16(12-15)13-21-20(23)17-7-9-19(10-8-17)27(24,25)22-14-18-6-3-11-26-18/h2-12,22H,13-14H2,1H3,(H,21,23). The summed E-state index contributed by atoms with van der Waals surface area (Å²) in [6, 6.07) is 17.0. The molecule has 6 nitrogen and oxygen atoms in total. The lowest BCUT2D eigenvalue weighted by atomic mass is 10.1. The molecule has 0 aliphatic carbocycles. The van der Waals surface area contributed by atoms with E-state index in [2.05, 4.69) is 10.0 Å². The third kappa shape index (κ3) is 5.06. The number of furan rings is 1. The van der Waals surface area contributed by atoms with Gasteiger partial charge in [0.2, 0.25) is 10.0 Å². The van der Waals surface area contributed by atoms with Crippen molar-refractivity contribution < 1.29 is 17.6 Å². The summed E-state index contributed by atoms with van der Waals surface area (Å²) in [6.07, 6.45) is 1.48. The average Bonchev–Trinajstić information content (AvgIpc) is 3.18. The van der Waals surface area contributed by atoms with Crippen molar-refractivity contribution in [3.63, 3.8) is 0 Å². The van der Waals surface area contributed by atoms with Crippen molar-refractivity contribution >= 4 is 15.9 Å². The molecule has 0 aliphatic heterocycles. The highest BCUT2D eigenvalue weighted by Crippen LogP contribution is 2.12. The van der Waals surface area contributed by atoms with Gasteiger partial charge in [0.1, 0.15) is 5.76 Å². The second-order valence-electron chi connectivity index (χ2n) is 6.10. The average molecular weight is 384 g/mol. The molecule has 0 saturated carbocycles. The molecule has 3 aromatic rings. The first kappa shape index (κ1) is 18.9. The molecule has 27 heavy (non-hydrogen) atoms. The van der Waals surface area contributed by atoms with Gasteiger partial charge in [0.15, 0.2) is 0 Å². The van der Waals surface area contributed by atoms with Crippen LogP contribution in [0.3, 0.4) is 0 Å². The minimum atomic E-state index is -3.68. The van der Waals surface area contributed by atoms with Crippen LogP contribution in [-0.4, -0.2) is 14.3 Å². The molecule has 140 valence electrons. The molecule has 7 heteroatoms. The molecule has 1 heterocycles. The highest BCUT2D eigenvalue weighted by atomic mass is 32.2. The molecule has 2 N–H and O–H groups in total. The third-order valence-electron chi connectivity index (χ3n) is 3.98. The predicted octanol–water partition coefficient (Wildman–Crippen LogP) is 3.00. The summed E-state index contributed by atoms with van der Waals surface area (Å²) in [4.78, 5) is 12.3. The molecule has 0 atom stereocenters. The second-order valence-corrected chi connectivity index (χ2v) is 7.87. The molecule has 2 aromatic carbocycles. The van der Waals surface area contributed by atoms with Crippen LogP contribution >= 0.6 is 0 Å². The number of rotatable bonds is 7.